The molecule has 1 saturated carbocycles. The van der Waals surface area contributed by atoms with Crippen molar-refractivity contribution in [1.82, 2.24) is 10.3 Å². The van der Waals surface area contributed by atoms with E-state index in [1.807, 2.05) is 18.2 Å². The Kier molecular flexibility index (Phi) is 14.4. The molecule has 4 rings (SSSR count). The van der Waals surface area contributed by atoms with Crippen LogP contribution in [-0.2, 0) is 4.79 Å². The van der Waals surface area contributed by atoms with E-state index < -0.39 is 6.10 Å². The van der Waals surface area contributed by atoms with Crippen molar-refractivity contribution in [3.63, 3.8) is 0 Å². The lowest BCUT2D eigenvalue weighted by Crippen LogP contribution is -2.28. The number of pyridine rings is 1. The molecule has 1 heterocycles. The third kappa shape index (κ3) is 10.8. The summed E-state index contributed by atoms with van der Waals surface area (Å²) in [6, 6.07) is 5.72. The van der Waals surface area contributed by atoms with E-state index in [4.69, 9.17) is 4.99 Å². The van der Waals surface area contributed by atoms with Gasteiger partial charge in [0, 0.05) is 30.6 Å². The molecule has 1 aromatic rings. The molecule has 0 aliphatic heterocycles. The summed E-state index contributed by atoms with van der Waals surface area (Å²) in [4.78, 5) is 22.5. The highest BCUT2D eigenvalue weighted by Crippen LogP contribution is 2.34. The van der Waals surface area contributed by atoms with Gasteiger partial charge < -0.3 is 15.5 Å². The van der Waals surface area contributed by atoms with Crippen molar-refractivity contribution in [2.45, 2.75) is 129 Å². The fourth-order valence-electron chi connectivity index (χ4n) is 7.22. The predicted octanol–water partition coefficient (Wildman–Crippen LogP) is 7.98. The first-order valence-corrected chi connectivity index (χ1v) is 17.6. The first kappa shape index (κ1) is 34.3. The summed E-state index contributed by atoms with van der Waals surface area (Å²) in [5.74, 6) is 1.33. The van der Waals surface area contributed by atoms with E-state index in [1.54, 1.807) is 6.20 Å². The Bertz CT molecular complexity index is 1160. The number of amides is 1. The van der Waals surface area contributed by atoms with Gasteiger partial charge in [0.1, 0.15) is 0 Å². The SMILES string of the molecule is CCC(CCC1=C(CCCCN=C2C=CCCC2C)CCC(C(=O)NCCCC2CCCC(O)C2)=C1)C(O)c1ccccn1. The highest BCUT2D eigenvalue weighted by molar-refractivity contribution is 5.97. The number of nitrogens with one attached hydrogen (secondary N) is 1. The molecule has 6 heteroatoms. The zero-order valence-electron chi connectivity index (χ0n) is 27.4. The molecule has 3 aliphatic rings. The molecule has 0 bridgehead atoms. The standard InChI is InChI=1S/C38H57N3O3/c1-3-30(37(43)36-18-7-9-24-40-36)19-21-32-27-33(38(44)41-25-11-14-29-13-10-16-34(42)26-29)22-20-31(32)15-6-8-23-39-35-17-5-4-12-28(35)2/h5,7,9,17-18,24,27-30,34,37,42-43H,3-4,6,8,10-16,19-23,25-26H2,1-2H3,(H,41,44). The molecule has 5 unspecified atom stereocenters. The van der Waals surface area contributed by atoms with Crippen LogP contribution in [0, 0.1) is 17.8 Å². The van der Waals surface area contributed by atoms with Gasteiger partial charge in [-0.3, -0.25) is 14.8 Å². The molecule has 6 nitrogen and oxygen atoms in total. The van der Waals surface area contributed by atoms with Crippen LogP contribution >= 0.6 is 0 Å². The number of carbonyl (C=O) groups excluding carboxylic acids is 1. The van der Waals surface area contributed by atoms with E-state index in [9.17, 15) is 15.0 Å². The Morgan fingerprint density at radius 2 is 2.02 bits per heavy atom. The maximum absolute atomic E-state index is 13.2. The molecule has 0 saturated heterocycles. The summed E-state index contributed by atoms with van der Waals surface area (Å²) in [5, 5.41) is 24.2. The molecule has 1 aromatic heterocycles. The highest BCUT2D eigenvalue weighted by Gasteiger charge is 2.24. The fourth-order valence-corrected chi connectivity index (χ4v) is 7.22. The molecule has 1 fully saturated rings. The molecule has 0 aromatic carbocycles. The van der Waals surface area contributed by atoms with E-state index in [2.05, 4.69) is 42.4 Å². The van der Waals surface area contributed by atoms with Gasteiger partial charge in [-0.25, -0.2) is 0 Å². The summed E-state index contributed by atoms with van der Waals surface area (Å²) in [5.41, 5.74) is 5.64. The van der Waals surface area contributed by atoms with Gasteiger partial charge in [0.25, 0.3) is 0 Å². The molecule has 5 atom stereocenters. The molecule has 0 radical (unpaired) electrons. The number of aliphatic imine (C=N–C) groups is 1. The normalized spacial score (nSPS) is 24.7. The third-order valence-corrected chi connectivity index (χ3v) is 10.1. The summed E-state index contributed by atoms with van der Waals surface area (Å²) < 4.78 is 0. The second kappa shape index (κ2) is 18.4. The van der Waals surface area contributed by atoms with Crippen molar-refractivity contribution >= 4 is 11.6 Å². The molecule has 3 N–H and O–H groups in total. The summed E-state index contributed by atoms with van der Waals surface area (Å²) >= 11 is 0. The molecule has 242 valence electrons. The minimum Gasteiger partial charge on any atom is -0.393 e. The average molecular weight is 604 g/mol. The van der Waals surface area contributed by atoms with Crippen LogP contribution in [0.1, 0.15) is 128 Å². The minimum absolute atomic E-state index is 0.0660. The Morgan fingerprint density at radius 3 is 2.80 bits per heavy atom. The van der Waals surface area contributed by atoms with Crippen molar-refractivity contribution in [2.75, 3.05) is 13.1 Å². The van der Waals surface area contributed by atoms with Crippen LogP contribution in [0.5, 0.6) is 0 Å². The monoisotopic (exact) mass is 603 g/mol. The predicted molar refractivity (Wildman–Crippen MR) is 180 cm³/mol. The van der Waals surface area contributed by atoms with Gasteiger partial charge in [0.2, 0.25) is 5.91 Å². The van der Waals surface area contributed by atoms with Gasteiger partial charge in [-0.2, -0.15) is 0 Å². The fraction of sp³-hybridized carbons (Fsp3) is 0.658. The first-order chi connectivity index (χ1) is 21.4. The lowest BCUT2D eigenvalue weighted by atomic mass is 9.83. The number of carbonyl (C=O) groups is 1. The Balaban J connectivity index is 1.35. The van der Waals surface area contributed by atoms with Gasteiger partial charge in [0.15, 0.2) is 0 Å². The van der Waals surface area contributed by atoms with Crippen LogP contribution in [0.3, 0.4) is 0 Å². The Morgan fingerprint density at radius 1 is 1.14 bits per heavy atom. The number of aliphatic hydroxyl groups excluding tert-OH is 2. The molecular weight excluding hydrogens is 546 g/mol. The van der Waals surface area contributed by atoms with Gasteiger partial charge in [0.05, 0.1) is 17.9 Å². The topological polar surface area (TPSA) is 94.8 Å². The van der Waals surface area contributed by atoms with E-state index in [-0.39, 0.29) is 17.9 Å². The number of hydrogen-bond acceptors (Lipinski definition) is 5. The minimum atomic E-state index is -0.582. The van der Waals surface area contributed by atoms with E-state index in [0.717, 1.165) is 108 Å². The molecular formula is C38H57N3O3. The highest BCUT2D eigenvalue weighted by atomic mass is 16.3. The summed E-state index contributed by atoms with van der Waals surface area (Å²) in [6.07, 6.45) is 23.8. The van der Waals surface area contributed by atoms with Gasteiger partial charge in [-0.05, 0) is 125 Å². The van der Waals surface area contributed by atoms with Crippen LogP contribution in [0.2, 0.25) is 0 Å². The Labute approximate surface area is 266 Å². The zero-order valence-corrected chi connectivity index (χ0v) is 27.4. The third-order valence-electron chi connectivity index (χ3n) is 10.1. The first-order valence-electron chi connectivity index (χ1n) is 17.6. The van der Waals surface area contributed by atoms with Crippen LogP contribution in [-0.4, -0.2) is 46.0 Å². The number of hydrogen-bond donors (Lipinski definition) is 3. The van der Waals surface area contributed by atoms with Crippen molar-refractivity contribution in [3.8, 4) is 0 Å². The maximum Gasteiger partial charge on any atom is 0.247 e. The number of allylic oxidation sites excluding steroid dienone is 5. The number of aromatic nitrogens is 1. The maximum atomic E-state index is 13.2. The summed E-state index contributed by atoms with van der Waals surface area (Å²) in [6.45, 7) is 5.99. The second-order valence-electron chi connectivity index (χ2n) is 13.4. The number of unbranched alkanes of at least 4 members (excludes halogenated alkanes) is 1. The number of rotatable bonds is 16. The number of nitrogens with zero attached hydrogens (tertiary/aromatic N) is 2. The largest absolute Gasteiger partial charge is 0.393 e. The average Bonchev–Trinajstić information content (AvgIpc) is 3.04. The molecule has 3 aliphatic carbocycles. The van der Waals surface area contributed by atoms with E-state index >= 15 is 0 Å². The number of aliphatic hydroxyl groups is 2. The lowest BCUT2D eigenvalue weighted by Gasteiger charge is -2.26. The van der Waals surface area contributed by atoms with E-state index in [1.165, 1.54) is 29.7 Å². The van der Waals surface area contributed by atoms with Crippen LogP contribution in [0.4, 0.5) is 0 Å². The van der Waals surface area contributed by atoms with E-state index in [0.29, 0.717) is 18.4 Å². The quantitative estimate of drug-likeness (QED) is 0.167. The summed E-state index contributed by atoms with van der Waals surface area (Å²) in [7, 11) is 0. The van der Waals surface area contributed by atoms with Crippen molar-refractivity contribution in [1.29, 1.82) is 0 Å². The molecule has 1 amide bonds. The van der Waals surface area contributed by atoms with Crippen molar-refractivity contribution in [3.05, 3.63) is 65.0 Å². The van der Waals surface area contributed by atoms with Crippen molar-refractivity contribution < 1.29 is 15.0 Å². The van der Waals surface area contributed by atoms with Crippen LogP contribution < -0.4 is 5.32 Å². The van der Waals surface area contributed by atoms with Gasteiger partial charge in [-0.1, -0.05) is 56.9 Å². The Hall–Kier alpha value is -2.57. The van der Waals surface area contributed by atoms with Gasteiger partial charge in [-0.15, -0.1) is 0 Å². The molecule has 0 spiro atoms. The zero-order chi connectivity index (χ0) is 31.1. The van der Waals surface area contributed by atoms with Crippen molar-refractivity contribution in [2.24, 2.45) is 22.7 Å². The molecule has 44 heavy (non-hydrogen) atoms. The lowest BCUT2D eigenvalue weighted by molar-refractivity contribution is -0.117. The van der Waals surface area contributed by atoms with Crippen LogP contribution in [0.25, 0.3) is 0 Å². The van der Waals surface area contributed by atoms with Crippen LogP contribution in [0.15, 0.2) is 64.3 Å². The second-order valence-corrected chi connectivity index (χ2v) is 13.4. The van der Waals surface area contributed by atoms with Gasteiger partial charge >= 0.3 is 0 Å². The smallest absolute Gasteiger partial charge is 0.247 e.